The molecule has 1 amide bonds. The Kier molecular flexibility index (Phi) is 2.15. The first-order chi connectivity index (χ1) is 5.25. The molecular formula is C7H8N2O2. The summed E-state index contributed by atoms with van der Waals surface area (Å²) in [4.78, 5) is 21.6. The lowest BCUT2D eigenvalue weighted by molar-refractivity contribution is -0.139. The molecule has 0 aromatic carbocycles. The molecule has 0 aliphatic carbocycles. The molecular weight excluding hydrogens is 144 g/mol. The van der Waals surface area contributed by atoms with Crippen molar-refractivity contribution in [2.24, 2.45) is 11.0 Å². The van der Waals surface area contributed by atoms with E-state index in [2.05, 4.69) is 17.1 Å². The van der Waals surface area contributed by atoms with Gasteiger partial charge in [-0.25, -0.2) is 5.43 Å². The highest BCUT2D eigenvalue weighted by Crippen LogP contribution is 2.05. The second-order valence-electron chi connectivity index (χ2n) is 2.21. The van der Waals surface area contributed by atoms with Gasteiger partial charge >= 0.3 is 5.91 Å². The van der Waals surface area contributed by atoms with Gasteiger partial charge in [0.25, 0.3) is 0 Å². The smallest absolute Gasteiger partial charge is 0.288 e. The van der Waals surface area contributed by atoms with E-state index in [9.17, 15) is 9.59 Å². The molecule has 0 radical (unpaired) electrons. The van der Waals surface area contributed by atoms with Crippen LogP contribution in [0.4, 0.5) is 0 Å². The Bertz CT molecular complexity index is 233. The molecule has 4 heteroatoms. The van der Waals surface area contributed by atoms with E-state index in [1.807, 2.05) is 0 Å². The van der Waals surface area contributed by atoms with Gasteiger partial charge in [-0.2, -0.15) is 5.10 Å². The van der Waals surface area contributed by atoms with E-state index in [1.165, 1.54) is 6.21 Å². The van der Waals surface area contributed by atoms with Gasteiger partial charge in [-0.15, -0.1) is 6.58 Å². The zero-order valence-electron chi connectivity index (χ0n) is 5.91. The topological polar surface area (TPSA) is 58.5 Å². The van der Waals surface area contributed by atoms with Gasteiger partial charge in [0.05, 0.1) is 5.92 Å². The maximum atomic E-state index is 11.0. The highest BCUT2D eigenvalue weighted by molar-refractivity contribution is 6.40. The normalized spacial score (nSPS) is 23.1. The minimum Gasteiger partial charge on any atom is -0.288 e. The second-order valence-corrected chi connectivity index (χ2v) is 2.21. The third-order valence-electron chi connectivity index (χ3n) is 1.40. The van der Waals surface area contributed by atoms with E-state index in [0.29, 0.717) is 6.42 Å². The van der Waals surface area contributed by atoms with E-state index < -0.39 is 17.6 Å². The number of amides is 1. The summed E-state index contributed by atoms with van der Waals surface area (Å²) >= 11 is 0. The largest absolute Gasteiger partial charge is 0.308 e. The Morgan fingerprint density at radius 3 is 3.09 bits per heavy atom. The maximum absolute atomic E-state index is 11.0. The minimum absolute atomic E-state index is 0.416. The van der Waals surface area contributed by atoms with Gasteiger partial charge in [0.2, 0.25) is 5.78 Å². The summed E-state index contributed by atoms with van der Waals surface area (Å²) in [6.07, 6.45) is 3.48. The summed E-state index contributed by atoms with van der Waals surface area (Å²) in [5.41, 5.74) is 2.07. The fourth-order valence-electron chi connectivity index (χ4n) is 0.825. The summed E-state index contributed by atoms with van der Waals surface area (Å²) < 4.78 is 0. The number of hydrogen-bond donors (Lipinski definition) is 1. The van der Waals surface area contributed by atoms with Crippen molar-refractivity contribution in [2.45, 2.75) is 6.42 Å². The second kappa shape index (κ2) is 3.09. The molecule has 1 rings (SSSR count). The number of nitrogens with one attached hydrogen (secondary N) is 1. The van der Waals surface area contributed by atoms with Gasteiger partial charge < -0.3 is 0 Å². The van der Waals surface area contributed by atoms with Crippen LogP contribution in [0.1, 0.15) is 6.42 Å². The molecule has 0 bridgehead atoms. The number of allylic oxidation sites excluding steroid dienone is 1. The van der Waals surface area contributed by atoms with Crippen molar-refractivity contribution in [3.63, 3.8) is 0 Å². The Hall–Kier alpha value is -1.45. The number of ketones is 1. The van der Waals surface area contributed by atoms with E-state index in [4.69, 9.17) is 0 Å². The van der Waals surface area contributed by atoms with Gasteiger partial charge in [0.1, 0.15) is 0 Å². The van der Waals surface area contributed by atoms with Crippen molar-refractivity contribution in [1.29, 1.82) is 0 Å². The lowest BCUT2D eigenvalue weighted by Crippen LogP contribution is -2.37. The third kappa shape index (κ3) is 1.52. The van der Waals surface area contributed by atoms with Crippen LogP contribution >= 0.6 is 0 Å². The summed E-state index contributed by atoms with van der Waals surface area (Å²) in [6.45, 7) is 3.47. The first-order valence-corrected chi connectivity index (χ1v) is 3.24. The summed E-state index contributed by atoms with van der Waals surface area (Å²) in [5, 5.41) is 3.52. The molecule has 58 valence electrons. The van der Waals surface area contributed by atoms with Gasteiger partial charge in [-0.05, 0) is 6.42 Å². The number of rotatable bonds is 2. The fourth-order valence-corrected chi connectivity index (χ4v) is 0.825. The molecule has 1 aliphatic rings. The minimum atomic E-state index is -0.639. The van der Waals surface area contributed by atoms with Crippen LogP contribution in [0.5, 0.6) is 0 Å². The van der Waals surface area contributed by atoms with Crippen LogP contribution < -0.4 is 5.43 Å². The van der Waals surface area contributed by atoms with Crippen molar-refractivity contribution in [3.05, 3.63) is 12.7 Å². The average molecular weight is 152 g/mol. The number of carbonyl (C=O) groups is 2. The van der Waals surface area contributed by atoms with Gasteiger partial charge in [-0.1, -0.05) is 6.08 Å². The lowest BCUT2D eigenvalue weighted by atomic mass is 10.0. The first-order valence-electron chi connectivity index (χ1n) is 3.24. The van der Waals surface area contributed by atoms with Gasteiger partial charge in [0.15, 0.2) is 0 Å². The molecule has 1 aliphatic heterocycles. The number of Topliss-reactive ketones (excluding diaryl/α,β-unsaturated/α-hetero) is 1. The number of carbonyl (C=O) groups excluding carboxylic acids is 2. The number of hydrogen-bond acceptors (Lipinski definition) is 3. The first kappa shape index (κ1) is 7.65. The van der Waals surface area contributed by atoms with E-state index >= 15 is 0 Å². The van der Waals surface area contributed by atoms with Crippen LogP contribution in [0, 0.1) is 5.92 Å². The molecule has 0 aromatic heterocycles. The fraction of sp³-hybridized carbons (Fsp3) is 0.286. The number of hydrazone groups is 1. The summed E-state index contributed by atoms with van der Waals surface area (Å²) in [7, 11) is 0. The molecule has 1 heterocycles. The Morgan fingerprint density at radius 2 is 2.45 bits per heavy atom. The zero-order chi connectivity index (χ0) is 8.27. The van der Waals surface area contributed by atoms with Crippen LogP contribution in [-0.4, -0.2) is 17.9 Å². The van der Waals surface area contributed by atoms with Crippen molar-refractivity contribution in [1.82, 2.24) is 5.43 Å². The van der Waals surface area contributed by atoms with E-state index in [0.717, 1.165) is 0 Å². The molecule has 11 heavy (non-hydrogen) atoms. The van der Waals surface area contributed by atoms with Crippen LogP contribution in [0.2, 0.25) is 0 Å². The zero-order valence-corrected chi connectivity index (χ0v) is 5.91. The van der Waals surface area contributed by atoms with Crippen molar-refractivity contribution >= 4 is 17.9 Å². The van der Waals surface area contributed by atoms with Crippen molar-refractivity contribution < 1.29 is 9.59 Å². The highest BCUT2D eigenvalue weighted by atomic mass is 16.2. The van der Waals surface area contributed by atoms with Crippen molar-refractivity contribution in [2.75, 3.05) is 0 Å². The monoisotopic (exact) mass is 152 g/mol. The predicted molar refractivity (Wildman–Crippen MR) is 39.9 cm³/mol. The Balaban J connectivity index is 2.72. The van der Waals surface area contributed by atoms with Crippen LogP contribution in [-0.2, 0) is 9.59 Å². The molecule has 0 saturated heterocycles. The molecule has 1 atom stereocenters. The van der Waals surface area contributed by atoms with Crippen molar-refractivity contribution in [3.8, 4) is 0 Å². The SMILES string of the molecule is C=CCC1C=NNC(=O)C1=O. The average Bonchev–Trinajstić information content (AvgIpc) is 1.99. The van der Waals surface area contributed by atoms with E-state index in [-0.39, 0.29) is 0 Å². The summed E-state index contributed by atoms with van der Waals surface area (Å²) in [6, 6.07) is 0. The molecule has 1 unspecified atom stereocenters. The Labute approximate surface area is 64.0 Å². The lowest BCUT2D eigenvalue weighted by Gasteiger charge is -2.10. The quantitative estimate of drug-likeness (QED) is 0.442. The maximum Gasteiger partial charge on any atom is 0.308 e. The molecule has 0 fully saturated rings. The summed E-state index contributed by atoms with van der Waals surface area (Å²) in [5.74, 6) is -1.50. The van der Waals surface area contributed by atoms with Crippen LogP contribution in [0.3, 0.4) is 0 Å². The third-order valence-corrected chi connectivity index (χ3v) is 1.40. The highest BCUT2D eigenvalue weighted by Gasteiger charge is 2.25. The number of nitrogens with zero attached hydrogens (tertiary/aromatic N) is 1. The molecule has 4 nitrogen and oxygen atoms in total. The molecule has 1 N–H and O–H groups in total. The predicted octanol–water partition coefficient (Wildman–Crippen LogP) is -0.137. The van der Waals surface area contributed by atoms with Crippen LogP contribution in [0.15, 0.2) is 17.8 Å². The molecule has 0 saturated carbocycles. The molecule has 0 spiro atoms. The van der Waals surface area contributed by atoms with E-state index in [1.54, 1.807) is 6.08 Å². The Morgan fingerprint density at radius 1 is 1.73 bits per heavy atom. The molecule has 0 aromatic rings. The van der Waals surface area contributed by atoms with Crippen LogP contribution in [0.25, 0.3) is 0 Å². The standard InChI is InChI=1S/C7H8N2O2/c1-2-3-5-4-8-9-7(11)6(5)10/h2,4-5H,1,3H2,(H,9,11). The van der Waals surface area contributed by atoms with Gasteiger partial charge in [-0.3, -0.25) is 9.59 Å². The van der Waals surface area contributed by atoms with Gasteiger partial charge in [0, 0.05) is 6.21 Å².